The highest BCUT2D eigenvalue weighted by Crippen LogP contribution is 2.38. The van der Waals surface area contributed by atoms with Gasteiger partial charge in [0.25, 0.3) is 0 Å². The van der Waals surface area contributed by atoms with E-state index in [4.69, 9.17) is 9.47 Å². The van der Waals surface area contributed by atoms with E-state index in [-0.39, 0.29) is 17.9 Å². The van der Waals surface area contributed by atoms with Crippen molar-refractivity contribution in [3.63, 3.8) is 0 Å². The van der Waals surface area contributed by atoms with Crippen LogP contribution in [0, 0.1) is 23.7 Å². The molecule has 10 atom stereocenters. The molecule has 0 aromatic carbocycles. The number of fused-ring (bicyclic) bond motifs is 1. The van der Waals surface area contributed by atoms with E-state index in [2.05, 4.69) is 22.6 Å². The van der Waals surface area contributed by atoms with E-state index in [0.717, 1.165) is 38.4 Å². The number of thioether (sulfide) groups is 1. The van der Waals surface area contributed by atoms with Crippen LogP contribution >= 0.6 is 11.8 Å². The highest BCUT2D eigenvalue weighted by molar-refractivity contribution is 7.99. The summed E-state index contributed by atoms with van der Waals surface area (Å²) in [6.07, 6.45) is 1.61. The van der Waals surface area contributed by atoms with Crippen molar-refractivity contribution in [1.29, 1.82) is 0 Å². The minimum atomic E-state index is -1.33. The lowest BCUT2D eigenvalue weighted by Gasteiger charge is -2.44. The van der Waals surface area contributed by atoms with Gasteiger partial charge < -0.3 is 40.3 Å². The third-order valence-corrected chi connectivity index (χ3v) is 9.58. The monoisotopic (exact) mass is 515 g/mol. The Morgan fingerprint density at radius 2 is 1.77 bits per heavy atom. The first kappa shape index (κ1) is 27.6. The summed E-state index contributed by atoms with van der Waals surface area (Å²) < 4.78 is 12.3. The van der Waals surface area contributed by atoms with Gasteiger partial charge in [0.2, 0.25) is 5.91 Å². The second-order valence-corrected chi connectivity index (χ2v) is 12.3. The predicted octanol–water partition coefficient (Wildman–Crippen LogP) is 0.0228. The van der Waals surface area contributed by atoms with Crippen LogP contribution in [-0.4, -0.2) is 114 Å². The van der Waals surface area contributed by atoms with Crippen LogP contribution in [0.25, 0.3) is 0 Å². The first-order valence-electron chi connectivity index (χ1n) is 13.3. The lowest BCUT2D eigenvalue weighted by Crippen LogP contribution is -2.65. The quantitative estimate of drug-likeness (QED) is 0.333. The Balaban J connectivity index is 1.40. The normalized spacial score (nSPS) is 42.5. The van der Waals surface area contributed by atoms with Crippen LogP contribution in [-0.2, 0) is 14.3 Å². The van der Waals surface area contributed by atoms with Crippen LogP contribution in [0.3, 0.4) is 0 Å². The number of aliphatic hydroxyl groups is 3. The third kappa shape index (κ3) is 6.00. The van der Waals surface area contributed by atoms with E-state index in [1.165, 1.54) is 24.6 Å². The van der Waals surface area contributed by atoms with Gasteiger partial charge in [-0.05, 0) is 75.7 Å². The molecule has 5 N–H and O–H groups in total. The SMILES string of the molecule is CSC1O[C@H]([C@H](NC(=O)[C@H]2NC[C@@H]3C[C@@H](C4CCN(C)CC4)CCO[C@H]32)C(C)C)C(O)C(O)[C@H]1O. The van der Waals surface area contributed by atoms with Crippen molar-refractivity contribution in [3.8, 4) is 0 Å². The number of hydrogen-bond acceptors (Lipinski definition) is 9. The fraction of sp³-hybridized carbons (Fsp3) is 0.960. The maximum absolute atomic E-state index is 13.5. The van der Waals surface area contributed by atoms with Crippen molar-refractivity contribution in [3.05, 3.63) is 0 Å². The van der Waals surface area contributed by atoms with Gasteiger partial charge in [-0.2, -0.15) is 0 Å². The molecular weight excluding hydrogens is 470 g/mol. The van der Waals surface area contributed by atoms with Crippen LogP contribution in [0.2, 0.25) is 0 Å². The summed E-state index contributed by atoms with van der Waals surface area (Å²) in [5.74, 6) is 1.48. The summed E-state index contributed by atoms with van der Waals surface area (Å²) in [5, 5.41) is 37.8. The van der Waals surface area contributed by atoms with Gasteiger partial charge >= 0.3 is 0 Å². The van der Waals surface area contributed by atoms with Crippen LogP contribution in [0.15, 0.2) is 0 Å². The highest BCUT2D eigenvalue weighted by atomic mass is 32.2. The van der Waals surface area contributed by atoms with E-state index in [9.17, 15) is 20.1 Å². The fourth-order valence-electron chi connectivity index (χ4n) is 6.51. The molecule has 4 aliphatic rings. The van der Waals surface area contributed by atoms with E-state index < -0.39 is 41.9 Å². The van der Waals surface area contributed by atoms with Crippen molar-refractivity contribution in [2.24, 2.45) is 23.7 Å². The minimum Gasteiger partial charge on any atom is -0.388 e. The molecule has 4 heterocycles. The van der Waals surface area contributed by atoms with Crippen LogP contribution in [0.4, 0.5) is 0 Å². The number of carbonyl (C=O) groups is 1. The van der Waals surface area contributed by atoms with E-state index >= 15 is 0 Å². The second-order valence-electron chi connectivity index (χ2n) is 11.4. The van der Waals surface area contributed by atoms with E-state index in [1.807, 2.05) is 13.8 Å². The molecule has 0 bridgehead atoms. The fourth-order valence-corrected chi connectivity index (χ4v) is 7.19. The number of nitrogens with zero attached hydrogens (tertiary/aromatic N) is 1. The Morgan fingerprint density at radius 3 is 2.43 bits per heavy atom. The molecule has 35 heavy (non-hydrogen) atoms. The first-order valence-corrected chi connectivity index (χ1v) is 14.6. The summed E-state index contributed by atoms with van der Waals surface area (Å²) in [4.78, 5) is 15.9. The number of piperidine rings is 1. The molecule has 10 heteroatoms. The van der Waals surface area contributed by atoms with E-state index in [1.54, 1.807) is 6.26 Å². The standard InChI is InChI=1S/C25H45N3O6S/c1-13(2)17(23-20(30)19(29)21(31)25(34-23)35-4)27-24(32)18-22-16(12-26-18)11-15(7-10-33-22)14-5-8-28(3)9-6-14/h13-23,25-26,29-31H,5-12H2,1-4H3,(H,27,32)/t15-,16-,17+,18-,19?,20?,21+,22+,23+,25?/m0/s1. The molecule has 1 amide bonds. The molecule has 202 valence electrons. The molecule has 0 aromatic rings. The Morgan fingerprint density at radius 1 is 1.06 bits per heavy atom. The van der Waals surface area contributed by atoms with Gasteiger partial charge in [0.05, 0.1) is 12.1 Å². The number of carbonyl (C=O) groups excluding carboxylic acids is 1. The van der Waals surface area contributed by atoms with Crippen molar-refractivity contribution in [2.75, 3.05) is 39.5 Å². The van der Waals surface area contributed by atoms with Gasteiger partial charge in [-0.3, -0.25) is 4.79 Å². The molecule has 9 nitrogen and oxygen atoms in total. The van der Waals surface area contributed by atoms with E-state index in [0.29, 0.717) is 18.4 Å². The lowest BCUT2D eigenvalue weighted by atomic mass is 9.77. The van der Waals surface area contributed by atoms with Crippen molar-refractivity contribution >= 4 is 17.7 Å². The van der Waals surface area contributed by atoms with Gasteiger partial charge in [0.15, 0.2) is 0 Å². The number of amides is 1. The Labute approximate surface area is 213 Å². The van der Waals surface area contributed by atoms with Crippen LogP contribution in [0.5, 0.6) is 0 Å². The smallest absolute Gasteiger partial charge is 0.240 e. The highest BCUT2D eigenvalue weighted by Gasteiger charge is 2.49. The van der Waals surface area contributed by atoms with Gasteiger partial charge in [-0.15, -0.1) is 11.8 Å². The van der Waals surface area contributed by atoms with Gasteiger partial charge in [-0.25, -0.2) is 0 Å². The van der Waals surface area contributed by atoms with Gasteiger partial charge in [0.1, 0.15) is 35.9 Å². The van der Waals surface area contributed by atoms with Crippen molar-refractivity contribution in [2.45, 2.75) is 87.6 Å². The molecule has 4 saturated heterocycles. The van der Waals surface area contributed by atoms with Gasteiger partial charge in [-0.1, -0.05) is 13.8 Å². The van der Waals surface area contributed by atoms with Crippen LogP contribution < -0.4 is 10.6 Å². The number of likely N-dealkylation sites (tertiary alicyclic amines) is 1. The topological polar surface area (TPSA) is 124 Å². The third-order valence-electron chi connectivity index (χ3n) is 8.73. The lowest BCUT2D eigenvalue weighted by molar-refractivity contribution is -0.208. The predicted molar refractivity (Wildman–Crippen MR) is 135 cm³/mol. The number of nitrogens with one attached hydrogen (secondary N) is 2. The largest absolute Gasteiger partial charge is 0.388 e. The molecule has 4 aliphatic heterocycles. The number of hydrogen-bond donors (Lipinski definition) is 5. The van der Waals surface area contributed by atoms with Gasteiger partial charge in [0, 0.05) is 13.2 Å². The van der Waals surface area contributed by atoms with Crippen molar-refractivity contribution < 1.29 is 29.6 Å². The molecule has 0 aromatic heterocycles. The summed E-state index contributed by atoms with van der Waals surface area (Å²) in [5.41, 5.74) is -0.674. The number of ether oxygens (including phenoxy) is 2. The first-order chi connectivity index (χ1) is 16.7. The molecule has 3 unspecified atom stereocenters. The Kier molecular flexibility index (Phi) is 9.41. The molecule has 0 saturated carbocycles. The second kappa shape index (κ2) is 11.9. The maximum atomic E-state index is 13.5. The Hall–Kier alpha value is -0.460. The molecule has 0 spiro atoms. The summed E-state index contributed by atoms with van der Waals surface area (Å²) in [6.45, 7) is 7.67. The molecule has 0 radical (unpaired) electrons. The zero-order chi connectivity index (χ0) is 25.3. The molecule has 4 fully saturated rings. The zero-order valence-electron chi connectivity index (χ0n) is 21.5. The summed E-state index contributed by atoms with van der Waals surface area (Å²) >= 11 is 1.27. The Bertz CT molecular complexity index is 707. The molecule has 4 rings (SSSR count). The molecular formula is C25H45N3O6S. The summed E-state index contributed by atoms with van der Waals surface area (Å²) in [6, 6.07) is -0.974. The van der Waals surface area contributed by atoms with Crippen molar-refractivity contribution in [1.82, 2.24) is 15.5 Å². The average molecular weight is 516 g/mol. The number of aliphatic hydroxyl groups excluding tert-OH is 3. The average Bonchev–Trinajstić information content (AvgIpc) is 3.12. The maximum Gasteiger partial charge on any atom is 0.240 e. The van der Waals surface area contributed by atoms with Crippen LogP contribution in [0.1, 0.15) is 39.5 Å². The zero-order valence-corrected chi connectivity index (χ0v) is 22.3. The number of rotatable bonds is 6. The molecule has 0 aliphatic carbocycles. The summed E-state index contributed by atoms with van der Waals surface area (Å²) in [7, 11) is 2.19. The minimum absolute atomic E-state index is 0.0513.